The Labute approximate surface area is 102 Å². The largest absolute Gasteiger partial charge is 0.480 e. The van der Waals surface area contributed by atoms with Gasteiger partial charge in [-0.2, -0.15) is 0 Å². The number of carboxylic acid groups (broad SMARTS) is 1. The minimum atomic E-state index is -0.869. The average Bonchev–Trinajstić information content (AvgIpc) is 2.34. The molecule has 0 bridgehead atoms. The molecule has 1 aromatic rings. The first-order chi connectivity index (χ1) is 8.24. The van der Waals surface area contributed by atoms with Crippen LogP contribution in [0.3, 0.4) is 0 Å². The van der Waals surface area contributed by atoms with E-state index in [9.17, 15) is 4.79 Å². The summed E-state index contributed by atoms with van der Waals surface area (Å²) in [4.78, 5) is 10.8. The molecule has 0 amide bonds. The Kier molecular flexibility index (Phi) is 6.29. The number of ether oxygens (including phenoxy) is 1. The first kappa shape index (κ1) is 13.7. The van der Waals surface area contributed by atoms with E-state index in [0.29, 0.717) is 6.54 Å². The molecule has 0 heterocycles. The molecule has 94 valence electrons. The molecule has 0 saturated heterocycles. The van der Waals surface area contributed by atoms with Crippen LogP contribution in [0.25, 0.3) is 0 Å². The number of benzene rings is 1. The van der Waals surface area contributed by atoms with Gasteiger partial charge in [0.15, 0.2) is 0 Å². The van der Waals surface area contributed by atoms with Crippen molar-refractivity contribution in [2.24, 2.45) is 0 Å². The molecule has 1 aromatic carbocycles. The highest BCUT2D eigenvalue weighted by atomic mass is 16.5. The second kappa shape index (κ2) is 7.81. The van der Waals surface area contributed by atoms with Crippen molar-refractivity contribution in [1.29, 1.82) is 0 Å². The van der Waals surface area contributed by atoms with Gasteiger partial charge in [0.1, 0.15) is 6.04 Å². The topological polar surface area (TPSA) is 58.6 Å². The standard InChI is InChI=1S/C13H19NO3/c1-17-10-12(13(15)16)14-9-5-8-11-6-3-2-4-7-11/h2-4,6-7,12,14H,5,8-10H2,1H3,(H,15,16)/t12-/m0/s1. The van der Waals surface area contributed by atoms with Crippen LogP contribution in [0, 0.1) is 0 Å². The molecule has 0 aliphatic carbocycles. The van der Waals surface area contributed by atoms with Gasteiger partial charge in [0.05, 0.1) is 6.61 Å². The Balaban J connectivity index is 2.20. The van der Waals surface area contributed by atoms with E-state index >= 15 is 0 Å². The fourth-order valence-corrected chi connectivity index (χ4v) is 1.60. The Morgan fingerprint density at radius 2 is 2.12 bits per heavy atom. The first-order valence-electron chi connectivity index (χ1n) is 5.73. The lowest BCUT2D eigenvalue weighted by Crippen LogP contribution is -2.40. The SMILES string of the molecule is COC[C@H](NCCCc1ccccc1)C(=O)O. The Bertz CT molecular complexity index is 327. The van der Waals surface area contributed by atoms with Gasteiger partial charge in [-0.25, -0.2) is 0 Å². The molecule has 0 unspecified atom stereocenters. The molecule has 0 saturated carbocycles. The second-order valence-corrected chi connectivity index (χ2v) is 3.89. The molecule has 0 aliphatic heterocycles. The number of methoxy groups -OCH3 is 1. The van der Waals surface area contributed by atoms with Gasteiger partial charge in [0.2, 0.25) is 0 Å². The lowest BCUT2D eigenvalue weighted by atomic mass is 10.1. The number of nitrogens with one attached hydrogen (secondary N) is 1. The van der Waals surface area contributed by atoms with Crippen LogP contribution in [0.2, 0.25) is 0 Å². The van der Waals surface area contributed by atoms with E-state index < -0.39 is 12.0 Å². The summed E-state index contributed by atoms with van der Waals surface area (Å²) in [6, 6.07) is 9.53. The number of carbonyl (C=O) groups is 1. The number of carboxylic acids is 1. The zero-order valence-electron chi connectivity index (χ0n) is 10.1. The minimum Gasteiger partial charge on any atom is -0.480 e. The molecular formula is C13H19NO3. The van der Waals surface area contributed by atoms with Crippen molar-refractivity contribution in [1.82, 2.24) is 5.32 Å². The van der Waals surface area contributed by atoms with Crippen molar-refractivity contribution >= 4 is 5.97 Å². The lowest BCUT2D eigenvalue weighted by molar-refractivity contribution is -0.140. The number of aliphatic carboxylic acids is 1. The Morgan fingerprint density at radius 1 is 1.41 bits per heavy atom. The fourth-order valence-electron chi connectivity index (χ4n) is 1.60. The van der Waals surface area contributed by atoms with Gasteiger partial charge in [0.25, 0.3) is 0 Å². The second-order valence-electron chi connectivity index (χ2n) is 3.89. The zero-order valence-corrected chi connectivity index (χ0v) is 10.1. The zero-order chi connectivity index (χ0) is 12.5. The van der Waals surface area contributed by atoms with Crippen LogP contribution in [0.15, 0.2) is 30.3 Å². The van der Waals surface area contributed by atoms with Crippen LogP contribution < -0.4 is 5.32 Å². The third kappa shape index (κ3) is 5.47. The summed E-state index contributed by atoms with van der Waals surface area (Å²) >= 11 is 0. The molecular weight excluding hydrogens is 218 g/mol. The maximum atomic E-state index is 10.8. The molecule has 2 N–H and O–H groups in total. The quantitative estimate of drug-likeness (QED) is 0.669. The van der Waals surface area contributed by atoms with Gasteiger partial charge < -0.3 is 15.2 Å². The molecule has 0 aliphatic rings. The smallest absolute Gasteiger partial charge is 0.323 e. The predicted molar refractivity (Wildman–Crippen MR) is 66.1 cm³/mol. The molecule has 0 aromatic heterocycles. The van der Waals surface area contributed by atoms with Gasteiger partial charge in [-0.3, -0.25) is 4.79 Å². The minimum absolute atomic E-state index is 0.195. The molecule has 1 atom stereocenters. The summed E-state index contributed by atoms with van der Waals surface area (Å²) in [7, 11) is 1.50. The lowest BCUT2D eigenvalue weighted by Gasteiger charge is -2.13. The van der Waals surface area contributed by atoms with E-state index in [1.165, 1.54) is 12.7 Å². The molecule has 0 spiro atoms. The number of hydrogen-bond donors (Lipinski definition) is 2. The van der Waals surface area contributed by atoms with Crippen molar-refractivity contribution in [2.75, 3.05) is 20.3 Å². The monoisotopic (exact) mass is 237 g/mol. The molecule has 0 fully saturated rings. The third-order valence-electron chi connectivity index (χ3n) is 2.51. The Morgan fingerprint density at radius 3 is 2.71 bits per heavy atom. The fraction of sp³-hybridized carbons (Fsp3) is 0.462. The summed E-state index contributed by atoms with van der Waals surface area (Å²) in [5, 5.41) is 11.8. The van der Waals surface area contributed by atoms with Crippen molar-refractivity contribution in [3.05, 3.63) is 35.9 Å². The highest BCUT2D eigenvalue weighted by Gasteiger charge is 2.15. The summed E-state index contributed by atoms with van der Waals surface area (Å²) in [6.45, 7) is 0.871. The summed E-state index contributed by atoms with van der Waals surface area (Å²) in [5.74, 6) is -0.869. The van der Waals surface area contributed by atoms with E-state index in [4.69, 9.17) is 9.84 Å². The van der Waals surface area contributed by atoms with Crippen LogP contribution in [0.5, 0.6) is 0 Å². The predicted octanol–water partition coefficient (Wildman–Crippen LogP) is 1.31. The van der Waals surface area contributed by atoms with Crippen LogP contribution in [-0.2, 0) is 16.0 Å². The van der Waals surface area contributed by atoms with Gasteiger partial charge in [0, 0.05) is 7.11 Å². The van der Waals surface area contributed by atoms with Crippen molar-refractivity contribution in [2.45, 2.75) is 18.9 Å². The van der Waals surface area contributed by atoms with Crippen LogP contribution in [0.1, 0.15) is 12.0 Å². The molecule has 4 nitrogen and oxygen atoms in total. The van der Waals surface area contributed by atoms with E-state index in [1.54, 1.807) is 0 Å². The van der Waals surface area contributed by atoms with Gasteiger partial charge >= 0.3 is 5.97 Å². The van der Waals surface area contributed by atoms with Gasteiger partial charge in [-0.15, -0.1) is 0 Å². The molecule has 0 radical (unpaired) electrons. The van der Waals surface area contributed by atoms with E-state index in [2.05, 4.69) is 17.4 Å². The first-order valence-corrected chi connectivity index (χ1v) is 5.73. The normalized spacial score (nSPS) is 12.3. The maximum absolute atomic E-state index is 10.8. The average molecular weight is 237 g/mol. The van der Waals surface area contributed by atoms with Crippen molar-refractivity contribution < 1.29 is 14.6 Å². The highest BCUT2D eigenvalue weighted by Crippen LogP contribution is 2.01. The van der Waals surface area contributed by atoms with Crippen LogP contribution in [-0.4, -0.2) is 37.4 Å². The maximum Gasteiger partial charge on any atom is 0.323 e. The van der Waals surface area contributed by atoms with Crippen LogP contribution in [0.4, 0.5) is 0 Å². The van der Waals surface area contributed by atoms with E-state index in [0.717, 1.165) is 12.8 Å². The number of hydrogen-bond acceptors (Lipinski definition) is 3. The number of rotatable bonds is 8. The summed E-state index contributed by atoms with van der Waals surface area (Å²) in [5.41, 5.74) is 1.27. The summed E-state index contributed by atoms with van der Waals surface area (Å²) in [6.07, 6.45) is 1.87. The molecule has 17 heavy (non-hydrogen) atoms. The van der Waals surface area contributed by atoms with Gasteiger partial charge in [-0.1, -0.05) is 30.3 Å². The summed E-state index contributed by atoms with van der Waals surface area (Å²) < 4.78 is 4.84. The van der Waals surface area contributed by atoms with Crippen molar-refractivity contribution in [3.63, 3.8) is 0 Å². The van der Waals surface area contributed by atoms with Gasteiger partial charge in [-0.05, 0) is 24.9 Å². The molecule has 4 heteroatoms. The third-order valence-corrected chi connectivity index (χ3v) is 2.51. The van der Waals surface area contributed by atoms with Crippen molar-refractivity contribution in [3.8, 4) is 0 Å². The van der Waals surface area contributed by atoms with E-state index in [1.807, 2.05) is 18.2 Å². The highest BCUT2D eigenvalue weighted by molar-refractivity contribution is 5.73. The van der Waals surface area contributed by atoms with E-state index in [-0.39, 0.29) is 6.61 Å². The van der Waals surface area contributed by atoms with Crippen LogP contribution >= 0.6 is 0 Å². The Hall–Kier alpha value is -1.39. The molecule has 1 rings (SSSR count). The number of aryl methyl sites for hydroxylation is 1.